The van der Waals surface area contributed by atoms with Gasteiger partial charge in [0.15, 0.2) is 0 Å². The van der Waals surface area contributed by atoms with E-state index in [0.717, 1.165) is 8.35 Å². The molecule has 0 spiro atoms. The first kappa shape index (κ1) is 11.8. The number of nitrogens with zero attached hydrogens (tertiary/aromatic N) is 1. The Morgan fingerprint density at radius 1 is 1.07 bits per heavy atom. The fourth-order valence-electron chi connectivity index (χ4n) is 1.70. The molecular weight excluding hydrogens is 189 g/mol. The van der Waals surface area contributed by atoms with Crippen LogP contribution in [0.25, 0.3) is 0 Å². The number of hydrogen-bond acceptors (Lipinski definition) is 1. The smallest absolute Gasteiger partial charge is 0.0312 e. The van der Waals surface area contributed by atoms with Crippen molar-refractivity contribution < 1.29 is 0 Å². The SMILES string of the molecule is CCCCCCCCCc1ccn[pH]1. The molecule has 0 aliphatic rings. The van der Waals surface area contributed by atoms with Crippen molar-refractivity contribution in [2.45, 2.75) is 58.3 Å². The normalized spacial score (nSPS) is 11.2. The lowest BCUT2D eigenvalue weighted by atomic mass is 10.1. The Kier molecular flexibility index (Phi) is 6.78. The minimum absolute atomic E-state index is 0.743. The topological polar surface area (TPSA) is 12.9 Å². The Labute approximate surface area is 89.5 Å². The summed E-state index contributed by atoms with van der Waals surface area (Å²) < 4.78 is 4.21. The molecule has 0 aliphatic carbocycles. The van der Waals surface area contributed by atoms with Gasteiger partial charge in [-0.25, -0.2) is 4.75 Å². The van der Waals surface area contributed by atoms with Crippen LogP contribution >= 0.6 is 8.35 Å². The molecular formula is C12H22NP. The second-order valence-corrected chi connectivity index (χ2v) is 5.08. The van der Waals surface area contributed by atoms with Crippen LogP contribution in [0.2, 0.25) is 0 Å². The second kappa shape index (κ2) is 8.05. The molecule has 0 saturated heterocycles. The van der Waals surface area contributed by atoms with Crippen LogP contribution < -0.4 is 0 Å². The zero-order chi connectivity index (χ0) is 10.1. The summed E-state index contributed by atoms with van der Waals surface area (Å²) in [5.74, 6) is 0. The molecule has 2 heteroatoms. The van der Waals surface area contributed by atoms with Gasteiger partial charge in [-0.3, -0.25) is 0 Å². The van der Waals surface area contributed by atoms with Gasteiger partial charge in [0.2, 0.25) is 0 Å². The molecule has 1 heterocycles. The Morgan fingerprint density at radius 2 is 1.79 bits per heavy atom. The number of aryl methyl sites for hydroxylation is 1. The Hall–Kier alpha value is -0.290. The lowest BCUT2D eigenvalue weighted by Crippen LogP contribution is -1.82. The lowest BCUT2D eigenvalue weighted by molar-refractivity contribution is 0.590. The van der Waals surface area contributed by atoms with Gasteiger partial charge in [0.25, 0.3) is 0 Å². The van der Waals surface area contributed by atoms with Gasteiger partial charge in [-0.1, -0.05) is 45.4 Å². The standard InChI is InChI=1S/C12H22NP/c1-2-3-4-5-6-7-8-9-12-10-11-13-14-12/h10-11,14H,2-9H2,1H3. The highest BCUT2D eigenvalue weighted by molar-refractivity contribution is 7.26. The van der Waals surface area contributed by atoms with E-state index in [9.17, 15) is 0 Å². The highest BCUT2D eigenvalue weighted by atomic mass is 31.0. The molecule has 0 N–H and O–H groups in total. The van der Waals surface area contributed by atoms with Crippen LogP contribution in [0.4, 0.5) is 0 Å². The summed E-state index contributed by atoms with van der Waals surface area (Å²) in [6, 6.07) is 2.19. The summed E-state index contributed by atoms with van der Waals surface area (Å²) in [5, 5.41) is 1.55. The van der Waals surface area contributed by atoms with Crippen molar-refractivity contribution >= 4 is 8.35 Å². The van der Waals surface area contributed by atoms with Crippen molar-refractivity contribution in [2.75, 3.05) is 0 Å². The van der Waals surface area contributed by atoms with Crippen molar-refractivity contribution in [3.05, 3.63) is 17.6 Å². The fraction of sp³-hybridized carbons (Fsp3) is 0.750. The quantitative estimate of drug-likeness (QED) is 0.580. The molecule has 0 bridgehead atoms. The van der Waals surface area contributed by atoms with E-state index in [-0.39, 0.29) is 0 Å². The summed E-state index contributed by atoms with van der Waals surface area (Å²) in [6.07, 6.45) is 13.1. The zero-order valence-corrected chi connectivity index (χ0v) is 10.3. The van der Waals surface area contributed by atoms with E-state index in [1.54, 1.807) is 5.30 Å². The average molecular weight is 211 g/mol. The van der Waals surface area contributed by atoms with E-state index >= 15 is 0 Å². The van der Waals surface area contributed by atoms with Gasteiger partial charge in [-0.15, -0.1) is 0 Å². The van der Waals surface area contributed by atoms with Gasteiger partial charge < -0.3 is 0 Å². The third-order valence-electron chi connectivity index (χ3n) is 2.61. The first-order chi connectivity index (χ1) is 6.93. The molecule has 80 valence electrons. The van der Waals surface area contributed by atoms with E-state index in [1.165, 1.54) is 51.4 Å². The van der Waals surface area contributed by atoms with Crippen molar-refractivity contribution in [3.8, 4) is 0 Å². The summed E-state index contributed by atoms with van der Waals surface area (Å²) in [7, 11) is 0.743. The zero-order valence-electron chi connectivity index (χ0n) is 9.26. The van der Waals surface area contributed by atoms with Gasteiger partial charge >= 0.3 is 0 Å². The maximum absolute atomic E-state index is 4.21. The van der Waals surface area contributed by atoms with Crippen LogP contribution in [0, 0.1) is 0 Å². The molecule has 1 unspecified atom stereocenters. The summed E-state index contributed by atoms with van der Waals surface area (Å²) in [4.78, 5) is 0. The Morgan fingerprint density at radius 3 is 2.43 bits per heavy atom. The van der Waals surface area contributed by atoms with Crippen LogP contribution in [-0.4, -0.2) is 4.75 Å². The summed E-state index contributed by atoms with van der Waals surface area (Å²) >= 11 is 0. The molecule has 0 aromatic carbocycles. The highest BCUT2D eigenvalue weighted by Gasteiger charge is 1.94. The third-order valence-corrected chi connectivity index (χ3v) is 3.59. The maximum atomic E-state index is 4.21. The molecule has 14 heavy (non-hydrogen) atoms. The molecule has 1 nitrogen and oxygen atoms in total. The van der Waals surface area contributed by atoms with Crippen LogP contribution in [0.15, 0.2) is 12.3 Å². The second-order valence-electron chi connectivity index (χ2n) is 3.95. The third kappa shape index (κ3) is 5.44. The van der Waals surface area contributed by atoms with Crippen LogP contribution in [0.5, 0.6) is 0 Å². The van der Waals surface area contributed by atoms with Gasteiger partial charge in [-0.05, 0) is 32.6 Å². The molecule has 0 saturated carbocycles. The Bertz CT molecular complexity index is 206. The molecule has 1 aromatic heterocycles. The number of rotatable bonds is 8. The number of unbranched alkanes of at least 4 members (excludes halogenated alkanes) is 6. The first-order valence-corrected chi connectivity index (χ1v) is 6.86. The van der Waals surface area contributed by atoms with Gasteiger partial charge in [0.1, 0.15) is 0 Å². The van der Waals surface area contributed by atoms with Crippen LogP contribution in [0.3, 0.4) is 0 Å². The average Bonchev–Trinajstić information content (AvgIpc) is 2.69. The Balaban J connectivity index is 1.85. The molecule has 1 aromatic rings. The molecule has 0 aliphatic heterocycles. The molecule has 1 atom stereocenters. The van der Waals surface area contributed by atoms with Crippen molar-refractivity contribution in [2.24, 2.45) is 0 Å². The predicted octanol–water partition coefficient (Wildman–Crippen LogP) is 4.41. The van der Waals surface area contributed by atoms with Crippen molar-refractivity contribution in [1.82, 2.24) is 4.75 Å². The van der Waals surface area contributed by atoms with Crippen LogP contribution in [-0.2, 0) is 6.42 Å². The van der Waals surface area contributed by atoms with Gasteiger partial charge in [-0.2, -0.15) is 0 Å². The monoisotopic (exact) mass is 211 g/mol. The van der Waals surface area contributed by atoms with E-state index in [4.69, 9.17) is 0 Å². The first-order valence-electron chi connectivity index (χ1n) is 5.91. The fourth-order valence-corrected chi connectivity index (χ4v) is 2.45. The van der Waals surface area contributed by atoms with Crippen molar-refractivity contribution in [3.63, 3.8) is 0 Å². The van der Waals surface area contributed by atoms with Gasteiger partial charge in [0, 0.05) is 6.20 Å². The number of aromatic nitrogens is 1. The summed E-state index contributed by atoms with van der Waals surface area (Å²) in [6.45, 7) is 2.27. The molecule has 1 rings (SSSR count). The predicted molar refractivity (Wildman–Crippen MR) is 65.4 cm³/mol. The lowest BCUT2D eigenvalue weighted by Gasteiger charge is -1.99. The molecule has 0 fully saturated rings. The maximum Gasteiger partial charge on any atom is 0.0312 e. The molecule has 0 radical (unpaired) electrons. The number of hydrogen-bond donors (Lipinski definition) is 0. The largest absolute Gasteiger partial charge is 0.249 e. The van der Waals surface area contributed by atoms with Crippen LogP contribution in [0.1, 0.15) is 57.2 Å². The van der Waals surface area contributed by atoms with Crippen molar-refractivity contribution in [1.29, 1.82) is 0 Å². The van der Waals surface area contributed by atoms with E-state index in [2.05, 4.69) is 17.7 Å². The van der Waals surface area contributed by atoms with E-state index in [1.807, 2.05) is 6.20 Å². The molecule has 0 amide bonds. The van der Waals surface area contributed by atoms with Gasteiger partial charge in [0.05, 0.1) is 0 Å². The van der Waals surface area contributed by atoms with E-state index in [0.29, 0.717) is 0 Å². The minimum atomic E-state index is 0.743. The van der Waals surface area contributed by atoms with E-state index < -0.39 is 0 Å². The minimum Gasteiger partial charge on any atom is -0.249 e. The summed E-state index contributed by atoms with van der Waals surface area (Å²) in [5.41, 5.74) is 0. The highest BCUT2D eigenvalue weighted by Crippen LogP contribution is 2.15.